The largest absolute Gasteiger partial charge is 0.547 e. The number of ether oxygens (including phenoxy) is 1. The fraction of sp³-hybridized carbons (Fsp3) is 0.852. The molecule has 0 aromatic rings. The Kier molecular flexibility index (Phi) is 7.33. The number of rotatable bonds is 6. The molecule has 3 aliphatic rings. The highest BCUT2D eigenvalue weighted by molar-refractivity contribution is 6.74. The normalized spacial score (nSPS) is 37.2. The number of carbonyl (C=O) groups excluding carboxylic acids is 2. The maximum Gasteiger partial charge on any atom is 0.241 e. The third kappa shape index (κ3) is 4.33. The van der Waals surface area contributed by atoms with Gasteiger partial charge in [-0.25, -0.2) is 0 Å². The zero-order valence-electron chi connectivity index (χ0n) is 23.5. The first-order valence-corrected chi connectivity index (χ1v) is 19.4. The molecular weight excluding hydrogens is 460 g/mol. The maximum absolute atomic E-state index is 13.8. The van der Waals surface area contributed by atoms with E-state index in [1.165, 1.54) is 0 Å². The Labute approximate surface area is 209 Å². The van der Waals surface area contributed by atoms with Crippen LogP contribution in [-0.4, -0.2) is 48.0 Å². The molecule has 0 saturated heterocycles. The maximum atomic E-state index is 13.8. The van der Waals surface area contributed by atoms with Crippen LogP contribution in [0.2, 0.25) is 37.8 Å². The molecule has 0 aromatic heterocycles. The van der Waals surface area contributed by atoms with Gasteiger partial charge in [-0.2, -0.15) is 0 Å². The smallest absolute Gasteiger partial charge is 0.241 e. The fourth-order valence-electron chi connectivity index (χ4n) is 6.74. The van der Waals surface area contributed by atoms with Crippen molar-refractivity contribution in [3.8, 4) is 0 Å². The van der Waals surface area contributed by atoms with Crippen LogP contribution < -0.4 is 0 Å². The lowest BCUT2D eigenvalue weighted by molar-refractivity contribution is -0.188. The topological polar surface area (TPSA) is 61.8 Å². The summed E-state index contributed by atoms with van der Waals surface area (Å²) >= 11 is 0. The zero-order chi connectivity index (χ0) is 25.9. The first-order chi connectivity index (χ1) is 15.5. The van der Waals surface area contributed by atoms with E-state index in [2.05, 4.69) is 60.4 Å². The summed E-state index contributed by atoms with van der Waals surface area (Å²) in [7, 11) is -2.33. The monoisotopic (exact) mass is 508 g/mol. The SMILES string of the molecule is COC1C(C)=C(O[Si](C)(C)C)C[C@H]2[C@]3(C)[C@H](CCC[C@H]3O[Si](C)(C)C(C)(C)C)CC(=O)[C@@]12C=O. The van der Waals surface area contributed by atoms with Crippen LogP contribution in [0.5, 0.6) is 0 Å². The molecule has 194 valence electrons. The van der Waals surface area contributed by atoms with Gasteiger partial charge in [-0.05, 0) is 74.9 Å². The van der Waals surface area contributed by atoms with Crippen LogP contribution in [0.3, 0.4) is 0 Å². The summed E-state index contributed by atoms with van der Waals surface area (Å²) in [5, 5.41) is 0.0900. The van der Waals surface area contributed by atoms with E-state index in [-0.39, 0.29) is 34.2 Å². The molecule has 3 aliphatic carbocycles. The number of Topliss-reactive ketones (excluding diaryl/α,β-unsaturated/α-hetero) is 1. The van der Waals surface area contributed by atoms with Crippen molar-refractivity contribution in [2.75, 3.05) is 7.11 Å². The Morgan fingerprint density at radius 2 is 1.68 bits per heavy atom. The first-order valence-electron chi connectivity index (χ1n) is 13.0. The molecule has 0 aromatic carbocycles. The van der Waals surface area contributed by atoms with Gasteiger partial charge in [0.2, 0.25) is 8.32 Å². The van der Waals surface area contributed by atoms with Gasteiger partial charge < -0.3 is 18.4 Å². The number of carbonyl (C=O) groups is 2. The summed E-state index contributed by atoms with van der Waals surface area (Å²) in [6, 6.07) is 0. The molecule has 0 amide bonds. The molecule has 2 fully saturated rings. The van der Waals surface area contributed by atoms with E-state index in [4.69, 9.17) is 13.6 Å². The summed E-state index contributed by atoms with van der Waals surface area (Å²) in [6.45, 7) is 22.3. The van der Waals surface area contributed by atoms with Gasteiger partial charge in [-0.1, -0.05) is 34.1 Å². The number of fused-ring (bicyclic) bond motifs is 3. The Hall–Kier alpha value is -0.766. The zero-order valence-corrected chi connectivity index (χ0v) is 25.5. The molecule has 0 aliphatic heterocycles. The lowest BCUT2D eigenvalue weighted by Crippen LogP contribution is -2.67. The van der Waals surface area contributed by atoms with E-state index in [9.17, 15) is 9.59 Å². The van der Waals surface area contributed by atoms with Crippen molar-refractivity contribution in [1.29, 1.82) is 0 Å². The van der Waals surface area contributed by atoms with Gasteiger partial charge in [0.05, 0.1) is 11.9 Å². The van der Waals surface area contributed by atoms with E-state index in [1.54, 1.807) is 7.11 Å². The minimum atomic E-state index is -2.06. The molecule has 7 heteroatoms. The highest BCUT2D eigenvalue weighted by atomic mass is 28.4. The van der Waals surface area contributed by atoms with Crippen molar-refractivity contribution in [3.05, 3.63) is 11.3 Å². The number of ketones is 1. The molecule has 6 atom stereocenters. The number of hydrogen-bond donors (Lipinski definition) is 0. The third-order valence-electron chi connectivity index (χ3n) is 9.59. The Bertz CT molecular complexity index is 852. The molecule has 0 radical (unpaired) electrons. The van der Waals surface area contributed by atoms with Crippen molar-refractivity contribution in [3.63, 3.8) is 0 Å². The van der Waals surface area contributed by atoms with Crippen molar-refractivity contribution < 1.29 is 23.2 Å². The highest BCUT2D eigenvalue weighted by Gasteiger charge is 2.68. The van der Waals surface area contributed by atoms with Crippen LogP contribution in [0.25, 0.3) is 0 Å². The van der Waals surface area contributed by atoms with Crippen LogP contribution >= 0.6 is 0 Å². The van der Waals surface area contributed by atoms with Gasteiger partial charge in [-0.3, -0.25) is 4.79 Å². The van der Waals surface area contributed by atoms with Crippen molar-refractivity contribution in [1.82, 2.24) is 0 Å². The number of hydrogen-bond acceptors (Lipinski definition) is 5. The molecule has 34 heavy (non-hydrogen) atoms. The van der Waals surface area contributed by atoms with Crippen molar-refractivity contribution in [2.24, 2.45) is 22.7 Å². The van der Waals surface area contributed by atoms with Crippen molar-refractivity contribution in [2.45, 2.75) is 117 Å². The van der Waals surface area contributed by atoms with Gasteiger partial charge >= 0.3 is 0 Å². The van der Waals surface area contributed by atoms with Gasteiger partial charge in [0.25, 0.3) is 0 Å². The quantitative estimate of drug-likeness (QED) is 0.233. The molecule has 0 N–H and O–H groups in total. The highest BCUT2D eigenvalue weighted by Crippen LogP contribution is 2.64. The third-order valence-corrected chi connectivity index (χ3v) is 14.9. The van der Waals surface area contributed by atoms with Crippen LogP contribution in [0.1, 0.15) is 66.7 Å². The van der Waals surface area contributed by atoms with E-state index >= 15 is 0 Å². The predicted octanol–water partition coefficient (Wildman–Crippen LogP) is 6.50. The molecule has 0 bridgehead atoms. The Balaban J connectivity index is 2.18. The molecule has 3 rings (SSSR count). The first kappa shape index (κ1) is 27.8. The second kappa shape index (κ2) is 8.96. The average Bonchev–Trinajstić information content (AvgIpc) is 2.69. The van der Waals surface area contributed by atoms with Crippen LogP contribution in [0.15, 0.2) is 11.3 Å². The van der Waals surface area contributed by atoms with E-state index in [1.807, 2.05) is 6.92 Å². The lowest BCUT2D eigenvalue weighted by Gasteiger charge is -2.63. The minimum Gasteiger partial charge on any atom is -0.547 e. The average molecular weight is 509 g/mol. The van der Waals surface area contributed by atoms with Crippen LogP contribution in [0, 0.1) is 22.7 Å². The number of methoxy groups -OCH3 is 1. The van der Waals surface area contributed by atoms with Crippen LogP contribution in [0.4, 0.5) is 0 Å². The molecule has 1 unspecified atom stereocenters. The fourth-order valence-corrected chi connectivity index (χ4v) is 9.16. The van der Waals surface area contributed by atoms with Gasteiger partial charge in [0.15, 0.2) is 8.32 Å². The van der Waals surface area contributed by atoms with E-state index in [0.29, 0.717) is 12.8 Å². The summed E-state index contributed by atoms with van der Waals surface area (Å²) in [4.78, 5) is 26.9. The minimum absolute atomic E-state index is 0.0219. The summed E-state index contributed by atoms with van der Waals surface area (Å²) in [5.41, 5.74) is -0.571. The Morgan fingerprint density at radius 1 is 1.06 bits per heavy atom. The van der Waals surface area contributed by atoms with Gasteiger partial charge in [-0.15, -0.1) is 0 Å². The molecule has 0 spiro atoms. The lowest BCUT2D eigenvalue weighted by atomic mass is 9.43. The van der Waals surface area contributed by atoms with E-state index < -0.39 is 28.2 Å². The standard InChI is InChI=1S/C27H48O5Si2/c1-18-20(31-33(7,8)9)16-21-26(5)19(15-22(29)27(21,17-28)24(18)30-6)13-12-14-23(26)32-34(10,11)25(2,3)4/h17,19,21,23-24H,12-16H2,1-11H3/t19-,21+,23-,24?,26+,27+/m1/s1. The Morgan fingerprint density at radius 3 is 2.18 bits per heavy atom. The molecular formula is C27H48O5Si2. The molecule has 2 saturated carbocycles. The van der Waals surface area contributed by atoms with Gasteiger partial charge in [0, 0.05) is 25.4 Å². The predicted molar refractivity (Wildman–Crippen MR) is 142 cm³/mol. The summed E-state index contributed by atoms with van der Waals surface area (Å²) in [5.74, 6) is 0.991. The number of allylic oxidation sites excluding steroid dienone is 1. The summed E-state index contributed by atoms with van der Waals surface area (Å²) < 4.78 is 19.7. The molecule has 0 heterocycles. The van der Waals surface area contributed by atoms with Crippen molar-refractivity contribution >= 4 is 28.7 Å². The second-order valence-corrected chi connectivity index (χ2v) is 22.9. The second-order valence-electron chi connectivity index (χ2n) is 13.7. The van der Waals surface area contributed by atoms with E-state index in [0.717, 1.165) is 36.9 Å². The van der Waals surface area contributed by atoms with Gasteiger partial charge in [0.1, 0.15) is 23.6 Å². The molecule has 5 nitrogen and oxygen atoms in total. The van der Waals surface area contributed by atoms with Crippen LogP contribution in [-0.2, 0) is 23.2 Å². The summed E-state index contributed by atoms with van der Waals surface area (Å²) in [6.07, 6.45) is 4.45. The number of aldehydes is 1.